The Morgan fingerprint density at radius 3 is 3.06 bits per heavy atom. The normalized spacial score (nSPS) is 16.8. The van der Waals surface area contributed by atoms with E-state index < -0.39 is 0 Å². The van der Waals surface area contributed by atoms with Crippen molar-refractivity contribution in [1.82, 2.24) is 10.2 Å². The molecule has 1 aliphatic heterocycles. The van der Waals surface area contributed by atoms with Gasteiger partial charge >= 0.3 is 0 Å². The van der Waals surface area contributed by atoms with Crippen LogP contribution in [0.15, 0.2) is 16.3 Å². The zero-order chi connectivity index (χ0) is 11.5. The van der Waals surface area contributed by atoms with E-state index in [2.05, 4.69) is 17.9 Å². The maximum absolute atomic E-state index is 12.0. The van der Waals surface area contributed by atoms with Crippen molar-refractivity contribution in [1.29, 1.82) is 0 Å². The monoisotopic (exact) mass is 256 g/mol. The summed E-state index contributed by atoms with van der Waals surface area (Å²) in [6, 6.07) is 1.74. The molecule has 4 nitrogen and oxygen atoms in total. The van der Waals surface area contributed by atoms with Crippen LogP contribution in [-0.4, -0.2) is 36.3 Å². The van der Waals surface area contributed by atoms with E-state index in [9.17, 15) is 9.59 Å². The number of nitrogens with zero attached hydrogens (tertiary/aromatic N) is 1. The van der Waals surface area contributed by atoms with Gasteiger partial charge in [0, 0.05) is 23.4 Å². The van der Waals surface area contributed by atoms with Gasteiger partial charge in [-0.1, -0.05) is 0 Å². The first kappa shape index (κ1) is 11.5. The van der Waals surface area contributed by atoms with Crippen molar-refractivity contribution in [2.75, 3.05) is 19.6 Å². The Morgan fingerprint density at radius 1 is 1.56 bits per heavy atom. The first-order valence-corrected chi connectivity index (χ1v) is 6.33. The molecular formula is C10H12N2O2S2. The van der Waals surface area contributed by atoms with Gasteiger partial charge in [0.05, 0.1) is 11.4 Å². The minimum atomic E-state index is -0.0893. The molecule has 0 radical (unpaired) electrons. The van der Waals surface area contributed by atoms with Gasteiger partial charge in [-0.25, -0.2) is 0 Å². The van der Waals surface area contributed by atoms with E-state index in [-0.39, 0.29) is 18.4 Å². The molecule has 0 aliphatic carbocycles. The van der Waals surface area contributed by atoms with Gasteiger partial charge in [-0.05, 0) is 12.5 Å². The summed E-state index contributed by atoms with van der Waals surface area (Å²) in [6.45, 7) is 1.42. The third-order valence-electron chi connectivity index (χ3n) is 2.35. The molecule has 16 heavy (non-hydrogen) atoms. The largest absolute Gasteiger partial charge is 0.354 e. The lowest BCUT2D eigenvalue weighted by Gasteiger charge is -2.17. The fraction of sp³-hybridized carbons (Fsp3) is 0.400. The summed E-state index contributed by atoms with van der Waals surface area (Å²) in [5.74, 6) is -0.171. The van der Waals surface area contributed by atoms with Crippen molar-refractivity contribution in [3.8, 4) is 0 Å². The van der Waals surface area contributed by atoms with E-state index in [0.717, 1.165) is 11.3 Å². The molecule has 0 unspecified atom stereocenters. The fourth-order valence-electron chi connectivity index (χ4n) is 1.57. The van der Waals surface area contributed by atoms with Gasteiger partial charge in [0.1, 0.15) is 0 Å². The van der Waals surface area contributed by atoms with E-state index in [1.54, 1.807) is 11.0 Å². The Kier molecular flexibility index (Phi) is 3.50. The summed E-state index contributed by atoms with van der Waals surface area (Å²) in [5.41, 5.74) is 0. The fourth-order valence-corrected chi connectivity index (χ4v) is 2.69. The Bertz CT molecular complexity index is 417. The third kappa shape index (κ3) is 2.56. The lowest BCUT2D eigenvalue weighted by Crippen LogP contribution is -2.37. The average molecular weight is 256 g/mol. The van der Waals surface area contributed by atoms with Crippen LogP contribution in [0.5, 0.6) is 0 Å². The van der Waals surface area contributed by atoms with Crippen molar-refractivity contribution >= 4 is 35.8 Å². The van der Waals surface area contributed by atoms with E-state index in [1.807, 2.05) is 5.38 Å². The van der Waals surface area contributed by atoms with Gasteiger partial charge < -0.3 is 10.2 Å². The summed E-state index contributed by atoms with van der Waals surface area (Å²) >= 11 is 5.52. The number of rotatable bonds is 1. The molecule has 0 spiro atoms. The smallest absolute Gasteiger partial charge is 0.264 e. The van der Waals surface area contributed by atoms with Crippen LogP contribution in [-0.2, 0) is 4.79 Å². The van der Waals surface area contributed by atoms with Gasteiger partial charge in [0.2, 0.25) is 5.91 Å². The molecule has 2 rings (SSSR count). The minimum absolute atomic E-state index is 0.0812. The lowest BCUT2D eigenvalue weighted by molar-refractivity contribution is -0.121. The van der Waals surface area contributed by atoms with Gasteiger partial charge in [-0.2, -0.15) is 0 Å². The van der Waals surface area contributed by atoms with Gasteiger partial charge in [0.25, 0.3) is 5.91 Å². The molecule has 0 saturated carbocycles. The summed E-state index contributed by atoms with van der Waals surface area (Å²) in [7, 11) is 0. The van der Waals surface area contributed by atoms with E-state index in [4.69, 9.17) is 0 Å². The van der Waals surface area contributed by atoms with E-state index in [0.29, 0.717) is 18.0 Å². The lowest BCUT2D eigenvalue weighted by atomic mass is 10.3. The first-order valence-electron chi connectivity index (χ1n) is 5.00. The average Bonchev–Trinajstić information content (AvgIpc) is 2.56. The summed E-state index contributed by atoms with van der Waals surface area (Å²) < 4.78 is 0. The molecule has 1 aliphatic rings. The molecule has 1 aromatic rings. The van der Waals surface area contributed by atoms with Crippen LogP contribution in [0.4, 0.5) is 0 Å². The topological polar surface area (TPSA) is 49.4 Å². The summed E-state index contributed by atoms with van der Waals surface area (Å²) in [4.78, 5) is 26.4. The minimum Gasteiger partial charge on any atom is -0.354 e. The van der Waals surface area contributed by atoms with Crippen molar-refractivity contribution in [3.63, 3.8) is 0 Å². The molecule has 6 heteroatoms. The van der Waals surface area contributed by atoms with Crippen molar-refractivity contribution in [3.05, 3.63) is 16.3 Å². The molecule has 0 atom stereocenters. The molecule has 2 heterocycles. The first-order chi connectivity index (χ1) is 7.66. The van der Waals surface area contributed by atoms with Gasteiger partial charge in [-0.3, -0.25) is 9.59 Å². The van der Waals surface area contributed by atoms with Crippen LogP contribution in [0.1, 0.15) is 16.1 Å². The standard InChI is InChI=1S/C10H12N2O2S2/c13-9-5-12(3-1-2-11-9)10(14)8-4-7(15)6-16-8/h4,6,15H,1-3,5H2,(H,11,13). The highest BCUT2D eigenvalue weighted by molar-refractivity contribution is 7.80. The SMILES string of the molecule is O=C1CN(C(=O)c2cc(S)cs2)CCCN1. The number of nitrogens with one attached hydrogen (secondary N) is 1. The zero-order valence-corrected chi connectivity index (χ0v) is 10.3. The predicted octanol–water partition coefficient (Wildman–Crippen LogP) is 0.999. The number of carbonyl (C=O) groups is 2. The molecule has 0 bridgehead atoms. The Morgan fingerprint density at radius 2 is 2.38 bits per heavy atom. The van der Waals surface area contributed by atoms with Gasteiger partial charge in [0.15, 0.2) is 0 Å². The molecule has 86 valence electrons. The van der Waals surface area contributed by atoms with Crippen molar-refractivity contribution in [2.24, 2.45) is 0 Å². The second-order valence-electron chi connectivity index (χ2n) is 3.60. The van der Waals surface area contributed by atoms with E-state index >= 15 is 0 Å². The molecule has 1 saturated heterocycles. The molecule has 0 aromatic carbocycles. The number of hydrogen-bond acceptors (Lipinski definition) is 4. The number of hydrogen-bond donors (Lipinski definition) is 2. The van der Waals surface area contributed by atoms with E-state index in [1.165, 1.54) is 11.3 Å². The van der Waals surface area contributed by atoms with Crippen molar-refractivity contribution < 1.29 is 9.59 Å². The summed E-state index contributed by atoms with van der Waals surface area (Å²) in [6.07, 6.45) is 0.802. The second kappa shape index (κ2) is 4.88. The highest BCUT2D eigenvalue weighted by atomic mass is 32.1. The predicted molar refractivity (Wildman–Crippen MR) is 65.1 cm³/mol. The maximum atomic E-state index is 12.0. The number of carbonyl (C=O) groups excluding carboxylic acids is 2. The molecular weight excluding hydrogens is 244 g/mol. The van der Waals surface area contributed by atoms with Gasteiger partial charge in [-0.15, -0.1) is 24.0 Å². The highest BCUT2D eigenvalue weighted by Crippen LogP contribution is 2.19. The molecule has 2 amide bonds. The molecule has 1 N–H and O–H groups in total. The third-order valence-corrected chi connectivity index (χ3v) is 3.70. The zero-order valence-electron chi connectivity index (χ0n) is 8.60. The van der Waals surface area contributed by atoms with Crippen LogP contribution < -0.4 is 5.32 Å². The van der Waals surface area contributed by atoms with Crippen LogP contribution in [0.3, 0.4) is 0 Å². The molecule has 1 aromatic heterocycles. The number of thiol groups is 1. The van der Waals surface area contributed by atoms with Crippen LogP contribution in [0.2, 0.25) is 0 Å². The quantitative estimate of drug-likeness (QED) is 0.736. The Hall–Kier alpha value is -1.01. The Labute approximate surface area is 103 Å². The molecule has 1 fully saturated rings. The van der Waals surface area contributed by atoms with Crippen LogP contribution in [0, 0.1) is 0 Å². The summed E-state index contributed by atoms with van der Waals surface area (Å²) in [5, 5.41) is 4.56. The number of amides is 2. The number of thiophene rings is 1. The Balaban J connectivity index is 2.11. The van der Waals surface area contributed by atoms with Crippen molar-refractivity contribution in [2.45, 2.75) is 11.3 Å². The second-order valence-corrected chi connectivity index (χ2v) is 5.03. The highest BCUT2D eigenvalue weighted by Gasteiger charge is 2.21. The maximum Gasteiger partial charge on any atom is 0.264 e. The van der Waals surface area contributed by atoms with Crippen LogP contribution in [0.25, 0.3) is 0 Å². The van der Waals surface area contributed by atoms with Crippen LogP contribution >= 0.6 is 24.0 Å².